The molecule has 1 fully saturated rings. The van der Waals surface area contributed by atoms with Crippen LogP contribution in [0.1, 0.15) is 18.9 Å². The van der Waals surface area contributed by atoms with Crippen LogP contribution < -0.4 is 4.90 Å². The third-order valence-corrected chi connectivity index (χ3v) is 5.07. The molecule has 2 rings (SSSR count). The first-order valence-corrected chi connectivity index (χ1v) is 7.88. The van der Waals surface area contributed by atoms with Crippen molar-refractivity contribution in [3.8, 4) is 0 Å². The van der Waals surface area contributed by atoms with E-state index in [-0.39, 0.29) is 6.04 Å². The Labute approximate surface area is 103 Å². The summed E-state index contributed by atoms with van der Waals surface area (Å²) in [7, 11) is -2.81. The lowest BCUT2D eigenvalue weighted by molar-refractivity contribution is 0.600. The lowest BCUT2D eigenvalue weighted by Crippen LogP contribution is -2.36. The fraction of sp³-hybridized carbons (Fsp3) is 0.538. The molecule has 94 valence electrons. The molecule has 3 nitrogen and oxygen atoms in total. The van der Waals surface area contributed by atoms with E-state index in [1.54, 1.807) is 0 Å². The highest BCUT2D eigenvalue weighted by Crippen LogP contribution is 2.24. The smallest absolute Gasteiger partial charge is 0.152 e. The van der Waals surface area contributed by atoms with Gasteiger partial charge in [0.15, 0.2) is 9.84 Å². The molecule has 0 bridgehead atoms. The average Bonchev–Trinajstić information content (AvgIpc) is 2.60. The molecule has 1 aliphatic rings. The van der Waals surface area contributed by atoms with Crippen LogP contribution in [0.3, 0.4) is 0 Å². The van der Waals surface area contributed by atoms with Gasteiger partial charge in [-0.2, -0.15) is 0 Å². The van der Waals surface area contributed by atoms with E-state index in [1.807, 2.05) is 6.07 Å². The molecule has 0 radical (unpaired) electrons. The standard InChI is InChI=1S/C13H19NO2S/c1-3-14(12-6-4-5-11(2)9-12)13-7-8-17(15,16)10-13/h4-6,9,13H,3,7-8,10H2,1-2H3/t13-/m1/s1. The van der Waals surface area contributed by atoms with Gasteiger partial charge in [-0.05, 0) is 38.0 Å². The van der Waals surface area contributed by atoms with Crippen molar-refractivity contribution in [3.63, 3.8) is 0 Å². The molecule has 1 atom stereocenters. The zero-order valence-electron chi connectivity index (χ0n) is 10.4. The Kier molecular flexibility index (Phi) is 3.43. The van der Waals surface area contributed by atoms with Gasteiger partial charge in [0.25, 0.3) is 0 Å². The van der Waals surface area contributed by atoms with Gasteiger partial charge in [-0.25, -0.2) is 8.42 Å². The first-order valence-electron chi connectivity index (χ1n) is 6.05. The summed E-state index contributed by atoms with van der Waals surface area (Å²) >= 11 is 0. The maximum atomic E-state index is 11.5. The number of aryl methyl sites for hydroxylation is 1. The monoisotopic (exact) mass is 253 g/mol. The predicted octanol–water partition coefficient (Wildman–Crippen LogP) is 2.01. The normalized spacial score (nSPS) is 22.6. The molecule has 0 unspecified atom stereocenters. The zero-order valence-corrected chi connectivity index (χ0v) is 11.2. The summed E-state index contributed by atoms with van der Waals surface area (Å²) < 4.78 is 23.1. The van der Waals surface area contributed by atoms with Gasteiger partial charge in [-0.3, -0.25) is 0 Å². The largest absolute Gasteiger partial charge is 0.368 e. The summed E-state index contributed by atoms with van der Waals surface area (Å²) in [6, 6.07) is 8.40. The molecule has 1 saturated heterocycles. The molecule has 0 saturated carbocycles. The van der Waals surface area contributed by atoms with Crippen molar-refractivity contribution >= 4 is 15.5 Å². The Hall–Kier alpha value is -1.03. The lowest BCUT2D eigenvalue weighted by atomic mass is 10.1. The third-order valence-electron chi connectivity index (χ3n) is 3.32. The van der Waals surface area contributed by atoms with Gasteiger partial charge in [0.1, 0.15) is 0 Å². The molecule has 1 heterocycles. The van der Waals surface area contributed by atoms with Crippen molar-refractivity contribution in [3.05, 3.63) is 29.8 Å². The number of hydrogen-bond donors (Lipinski definition) is 0. The minimum Gasteiger partial charge on any atom is -0.368 e. The first kappa shape index (κ1) is 12.4. The van der Waals surface area contributed by atoms with Crippen LogP contribution in [-0.2, 0) is 9.84 Å². The van der Waals surface area contributed by atoms with Crippen LogP contribution in [0.2, 0.25) is 0 Å². The molecule has 0 amide bonds. The highest BCUT2D eigenvalue weighted by Gasteiger charge is 2.31. The number of nitrogens with zero attached hydrogens (tertiary/aromatic N) is 1. The molecule has 1 aromatic rings. The quantitative estimate of drug-likeness (QED) is 0.827. The second kappa shape index (κ2) is 4.69. The molecule has 17 heavy (non-hydrogen) atoms. The summed E-state index contributed by atoms with van der Waals surface area (Å²) in [5.41, 5.74) is 2.34. The first-order chi connectivity index (χ1) is 8.02. The number of benzene rings is 1. The third kappa shape index (κ3) is 2.80. The Morgan fingerprint density at radius 2 is 2.18 bits per heavy atom. The molecule has 0 aromatic heterocycles. The second-order valence-corrected chi connectivity index (χ2v) is 6.91. The van der Waals surface area contributed by atoms with E-state index in [0.29, 0.717) is 11.5 Å². The Morgan fingerprint density at radius 1 is 1.41 bits per heavy atom. The van der Waals surface area contributed by atoms with E-state index in [1.165, 1.54) is 5.56 Å². The van der Waals surface area contributed by atoms with Crippen LogP contribution in [0.25, 0.3) is 0 Å². The number of sulfone groups is 1. The van der Waals surface area contributed by atoms with Gasteiger partial charge in [-0.15, -0.1) is 0 Å². The van der Waals surface area contributed by atoms with Crippen LogP contribution in [-0.4, -0.2) is 32.5 Å². The van der Waals surface area contributed by atoms with E-state index in [0.717, 1.165) is 18.7 Å². The molecule has 4 heteroatoms. The SMILES string of the molecule is CCN(c1cccc(C)c1)[C@@H]1CCS(=O)(=O)C1. The molecule has 0 aliphatic carbocycles. The van der Waals surface area contributed by atoms with Crippen molar-refractivity contribution in [1.29, 1.82) is 0 Å². The van der Waals surface area contributed by atoms with Crippen LogP contribution >= 0.6 is 0 Å². The van der Waals surface area contributed by atoms with Crippen molar-refractivity contribution in [2.75, 3.05) is 23.0 Å². The average molecular weight is 253 g/mol. The van der Waals surface area contributed by atoms with Crippen molar-refractivity contribution in [1.82, 2.24) is 0 Å². The Balaban J connectivity index is 2.23. The minimum atomic E-state index is -2.81. The topological polar surface area (TPSA) is 37.4 Å². The predicted molar refractivity (Wildman–Crippen MR) is 71.3 cm³/mol. The number of hydrogen-bond acceptors (Lipinski definition) is 3. The molecule has 1 aliphatic heterocycles. The summed E-state index contributed by atoms with van der Waals surface area (Å²) in [6.07, 6.45) is 0.754. The molecule has 0 N–H and O–H groups in total. The lowest BCUT2D eigenvalue weighted by Gasteiger charge is -2.29. The van der Waals surface area contributed by atoms with Gasteiger partial charge >= 0.3 is 0 Å². The highest BCUT2D eigenvalue weighted by atomic mass is 32.2. The maximum absolute atomic E-state index is 11.5. The summed E-state index contributed by atoms with van der Waals surface area (Å²) in [5.74, 6) is 0.634. The van der Waals surface area contributed by atoms with Crippen molar-refractivity contribution in [2.24, 2.45) is 0 Å². The fourth-order valence-corrected chi connectivity index (χ4v) is 4.21. The number of anilines is 1. The number of rotatable bonds is 3. The highest BCUT2D eigenvalue weighted by molar-refractivity contribution is 7.91. The Bertz CT molecular complexity index is 496. The molecular weight excluding hydrogens is 234 g/mol. The van der Waals surface area contributed by atoms with Crippen molar-refractivity contribution in [2.45, 2.75) is 26.3 Å². The van der Waals surface area contributed by atoms with E-state index in [4.69, 9.17) is 0 Å². The fourth-order valence-electron chi connectivity index (χ4n) is 2.48. The van der Waals surface area contributed by atoms with Gasteiger partial charge in [0, 0.05) is 18.3 Å². The minimum absolute atomic E-state index is 0.145. The van der Waals surface area contributed by atoms with Gasteiger partial charge in [-0.1, -0.05) is 12.1 Å². The molecule has 1 aromatic carbocycles. The summed E-state index contributed by atoms with van der Waals surface area (Å²) in [6.45, 7) is 4.99. The van der Waals surface area contributed by atoms with Crippen LogP contribution in [0, 0.1) is 6.92 Å². The second-order valence-electron chi connectivity index (χ2n) is 4.68. The summed E-state index contributed by atoms with van der Waals surface area (Å²) in [4.78, 5) is 2.21. The van der Waals surface area contributed by atoms with E-state index < -0.39 is 9.84 Å². The van der Waals surface area contributed by atoms with E-state index in [9.17, 15) is 8.42 Å². The molecule has 0 spiro atoms. The van der Waals surface area contributed by atoms with Crippen LogP contribution in [0.4, 0.5) is 5.69 Å². The molecular formula is C13H19NO2S. The Morgan fingerprint density at radius 3 is 2.71 bits per heavy atom. The van der Waals surface area contributed by atoms with E-state index >= 15 is 0 Å². The van der Waals surface area contributed by atoms with Gasteiger partial charge < -0.3 is 4.90 Å². The zero-order chi connectivity index (χ0) is 12.5. The van der Waals surface area contributed by atoms with Crippen LogP contribution in [0.15, 0.2) is 24.3 Å². The van der Waals surface area contributed by atoms with Gasteiger partial charge in [0.2, 0.25) is 0 Å². The van der Waals surface area contributed by atoms with Crippen LogP contribution in [0.5, 0.6) is 0 Å². The van der Waals surface area contributed by atoms with Gasteiger partial charge in [0.05, 0.1) is 11.5 Å². The van der Waals surface area contributed by atoms with Crippen molar-refractivity contribution < 1.29 is 8.42 Å². The maximum Gasteiger partial charge on any atom is 0.152 e. The van der Waals surface area contributed by atoms with E-state index in [2.05, 4.69) is 36.9 Å². The summed E-state index contributed by atoms with van der Waals surface area (Å²) in [5, 5.41) is 0.